The van der Waals surface area contributed by atoms with Gasteiger partial charge in [-0.15, -0.1) is 0 Å². The monoisotopic (exact) mass is 180 g/mol. The number of allylic oxidation sites excluding steroid dienone is 1. The van der Waals surface area contributed by atoms with Gasteiger partial charge in [-0.2, -0.15) is 0 Å². The molecule has 3 N–H and O–H groups in total. The van der Waals surface area contributed by atoms with Gasteiger partial charge in [0.2, 0.25) is 0 Å². The van der Waals surface area contributed by atoms with E-state index in [0.717, 1.165) is 5.56 Å². The van der Waals surface area contributed by atoms with Crippen LogP contribution < -0.4 is 4.74 Å². The van der Waals surface area contributed by atoms with E-state index in [9.17, 15) is 0 Å². The Morgan fingerprint density at radius 3 is 2.54 bits per heavy atom. The normalized spacial score (nSPS) is 14.3. The number of aromatic hydroxyl groups is 2. The van der Waals surface area contributed by atoms with Gasteiger partial charge in [-0.05, 0) is 6.07 Å². The third-order valence-electron chi connectivity index (χ3n) is 1.87. The lowest BCUT2D eigenvalue weighted by Crippen LogP contribution is -2.03. The van der Waals surface area contributed by atoms with Gasteiger partial charge < -0.3 is 20.1 Å². The Balaban J connectivity index is 2.48. The number of phenols is 2. The van der Waals surface area contributed by atoms with Gasteiger partial charge in [0, 0.05) is 24.1 Å². The van der Waals surface area contributed by atoms with Crippen molar-refractivity contribution in [3.63, 3.8) is 0 Å². The molecule has 4 heteroatoms. The van der Waals surface area contributed by atoms with E-state index in [1.54, 1.807) is 0 Å². The zero-order valence-electron chi connectivity index (χ0n) is 6.69. The summed E-state index contributed by atoms with van der Waals surface area (Å²) in [4.78, 5) is 0. The predicted octanol–water partition coefficient (Wildman–Crippen LogP) is 1.43. The molecular weight excluding hydrogens is 172 g/mol. The first-order valence-corrected chi connectivity index (χ1v) is 3.78. The van der Waals surface area contributed by atoms with Crippen LogP contribution in [0.25, 0.3) is 0 Å². The maximum Gasteiger partial charge on any atom is 0.278 e. The third-order valence-corrected chi connectivity index (χ3v) is 1.87. The van der Waals surface area contributed by atoms with Gasteiger partial charge in [0.15, 0.2) is 11.5 Å². The zero-order valence-corrected chi connectivity index (χ0v) is 6.69. The van der Waals surface area contributed by atoms with Crippen LogP contribution in [0.15, 0.2) is 24.2 Å². The van der Waals surface area contributed by atoms with Crippen molar-refractivity contribution in [1.29, 1.82) is 0 Å². The molecule has 0 aromatic heterocycles. The fraction of sp³-hybridized carbons (Fsp3) is 0.111. The molecule has 13 heavy (non-hydrogen) atoms. The van der Waals surface area contributed by atoms with E-state index >= 15 is 0 Å². The third kappa shape index (κ3) is 1.26. The van der Waals surface area contributed by atoms with Crippen LogP contribution in [-0.2, 0) is 6.42 Å². The number of fused-ring (bicyclic) bond motifs is 1. The fourth-order valence-corrected chi connectivity index (χ4v) is 1.21. The molecule has 0 bridgehead atoms. The average molecular weight is 180 g/mol. The molecule has 0 unspecified atom stereocenters. The molecule has 2 rings (SSSR count). The van der Waals surface area contributed by atoms with E-state index in [-0.39, 0.29) is 17.4 Å². The molecule has 0 radical (unpaired) electrons. The summed E-state index contributed by atoms with van der Waals surface area (Å²) in [7, 11) is 0. The van der Waals surface area contributed by atoms with Crippen molar-refractivity contribution in [2.45, 2.75) is 6.42 Å². The Morgan fingerprint density at radius 2 is 1.77 bits per heavy atom. The van der Waals surface area contributed by atoms with Crippen LogP contribution in [0.1, 0.15) is 5.56 Å². The molecular formula is C9H8O4. The van der Waals surface area contributed by atoms with Crippen LogP contribution in [0.5, 0.6) is 17.2 Å². The minimum absolute atomic E-state index is 0.183. The minimum Gasteiger partial charge on any atom is -0.504 e. The number of phenolic OH excluding ortho intramolecular Hbond substituents is 2. The molecule has 4 nitrogen and oxygen atoms in total. The van der Waals surface area contributed by atoms with Crippen LogP contribution in [-0.4, -0.2) is 15.3 Å². The van der Waals surface area contributed by atoms with Crippen LogP contribution in [0.3, 0.4) is 0 Å². The van der Waals surface area contributed by atoms with Gasteiger partial charge in [-0.1, -0.05) is 0 Å². The molecule has 0 atom stereocenters. The summed E-state index contributed by atoms with van der Waals surface area (Å²) < 4.78 is 4.91. The van der Waals surface area contributed by atoms with Crippen LogP contribution in [0, 0.1) is 0 Å². The summed E-state index contributed by atoms with van der Waals surface area (Å²) in [5.74, 6) is -0.251. The van der Waals surface area contributed by atoms with E-state index in [1.807, 2.05) is 0 Å². The van der Waals surface area contributed by atoms with Crippen molar-refractivity contribution in [3.05, 3.63) is 29.7 Å². The summed E-state index contributed by atoms with van der Waals surface area (Å²) in [5.41, 5.74) is 0.730. The molecule has 1 aliphatic heterocycles. The molecule has 1 aromatic carbocycles. The van der Waals surface area contributed by atoms with E-state index in [2.05, 4.69) is 0 Å². The number of aliphatic hydroxyl groups is 1. The quantitative estimate of drug-likeness (QED) is 0.528. The number of hydrogen-bond acceptors (Lipinski definition) is 4. The van der Waals surface area contributed by atoms with E-state index in [4.69, 9.17) is 20.1 Å². The SMILES string of the molecule is OC1=CCc2cc(O)c(O)cc2O1. The van der Waals surface area contributed by atoms with Crippen molar-refractivity contribution < 1.29 is 20.1 Å². The van der Waals surface area contributed by atoms with Gasteiger partial charge in [0.25, 0.3) is 5.95 Å². The minimum atomic E-state index is -0.256. The standard InChI is InChI=1S/C9H8O4/c10-6-3-5-1-2-9(12)13-8(5)4-7(6)11/h2-4,10-12H,1H2. The summed E-state index contributed by atoms with van der Waals surface area (Å²) in [6.45, 7) is 0. The van der Waals surface area contributed by atoms with E-state index in [1.165, 1.54) is 18.2 Å². The molecule has 0 saturated heterocycles. The van der Waals surface area contributed by atoms with Crippen molar-refractivity contribution in [1.82, 2.24) is 0 Å². The second-order valence-corrected chi connectivity index (χ2v) is 2.80. The Bertz CT molecular complexity index is 381. The highest BCUT2D eigenvalue weighted by atomic mass is 16.6. The Morgan fingerprint density at radius 1 is 1.08 bits per heavy atom. The van der Waals surface area contributed by atoms with Gasteiger partial charge in [0.1, 0.15) is 5.75 Å². The zero-order chi connectivity index (χ0) is 9.42. The number of benzene rings is 1. The summed E-state index contributed by atoms with van der Waals surface area (Å²) in [5, 5.41) is 27.3. The Hall–Kier alpha value is -1.84. The maximum atomic E-state index is 9.15. The van der Waals surface area contributed by atoms with Crippen molar-refractivity contribution in [2.24, 2.45) is 0 Å². The van der Waals surface area contributed by atoms with Crippen molar-refractivity contribution >= 4 is 0 Å². The molecule has 0 aliphatic carbocycles. The van der Waals surface area contributed by atoms with Gasteiger partial charge in [-0.25, -0.2) is 0 Å². The molecule has 1 aromatic rings. The highest BCUT2D eigenvalue weighted by Gasteiger charge is 2.14. The van der Waals surface area contributed by atoms with Crippen LogP contribution in [0.2, 0.25) is 0 Å². The highest BCUT2D eigenvalue weighted by Crippen LogP contribution is 2.35. The molecule has 68 valence electrons. The maximum absolute atomic E-state index is 9.15. The molecule has 1 aliphatic rings. The van der Waals surface area contributed by atoms with Crippen molar-refractivity contribution in [2.75, 3.05) is 0 Å². The first kappa shape index (κ1) is 7.79. The second kappa shape index (κ2) is 2.58. The number of aliphatic hydroxyl groups excluding tert-OH is 1. The van der Waals surface area contributed by atoms with Gasteiger partial charge in [0.05, 0.1) is 0 Å². The van der Waals surface area contributed by atoms with Crippen LogP contribution >= 0.6 is 0 Å². The lowest BCUT2D eigenvalue weighted by molar-refractivity contribution is 0.200. The molecule has 0 amide bonds. The Labute approximate surface area is 74.3 Å². The molecule has 1 heterocycles. The lowest BCUT2D eigenvalue weighted by atomic mass is 10.1. The lowest BCUT2D eigenvalue weighted by Gasteiger charge is -2.14. The predicted molar refractivity (Wildman–Crippen MR) is 44.8 cm³/mol. The number of ether oxygens (including phenoxy) is 1. The molecule has 0 spiro atoms. The van der Waals surface area contributed by atoms with E-state index in [0.29, 0.717) is 12.2 Å². The average Bonchev–Trinajstić information content (AvgIpc) is 2.08. The fourth-order valence-electron chi connectivity index (χ4n) is 1.21. The highest BCUT2D eigenvalue weighted by molar-refractivity contribution is 5.51. The molecule has 0 saturated carbocycles. The van der Waals surface area contributed by atoms with Crippen LogP contribution in [0.4, 0.5) is 0 Å². The summed E-state index contributed by atoms with van der Waals surface area (Å²) >= 11 is 0. The second-order valence-electron chi connectivity index (χ2n) is 2.80. The number of hydrogen-bond donors (Lipinski definition) is 3. The first-order valence-electron chi connectivity index (χ1n) is 3.78. The van der Waals surface area contributed by atoms with Crippen molar-refractivity contribution in [3.8, 4) is 17.2 Å². The largest absolute Gasteiger partial charge is 0.504 e. The first-order chi connectivity index (χ1) is 6.16. The smallest absolute Gasteiger partial charge is 0.278 e. The van der Waals surface area contributed by atoms with Gasteiger partial charge in [-0.3, -0.25) is 0 Å². The Kier molecular flexibility index (Phi) is 1.55. The van der Waals surface area contributed by atoms with E-state index < -0.39 is 0 Å². The topological polar surface area (TPSA) is 69.9 Å². The summed E-state index contributed by atoms with van der Waals surface area (Å²) in [6, 6.07) is 2.68. The summed E-state index contributed by atoms with van der Waals surface area (Å²) in [6.07, 6.45) is 1.97. The molecule has 0 fully saturated rings. The number of rotatable bonds is 0. The van der Waals surface area contributed by atoms with Gasteiger partial charge >= 0.3 is 0 Å².